The third-order valence-corrected chi connectivity index (χ3v) is 2.91. The van der Waals surface area contributed by atoms with Crippen molar-refractivity contribution in [1.29, 1.82) is 0 Å². The predicted octanol–water partition coefficient (Wildman–Crippen LogP) is 1.00. The summed E-state index contributed by atoms with van der Waals surface area (Å²) in [5.41, 5.74) is 0. The van der Waals surface area contributed by atoms with E-state index in [0.717, 1.165) is 51.7 Å². The molecule has 0 aromatic carbocycles. The summed E-state index contributed by atoms with van der Waals surface area (Å²) in [7, 11) is 3.44. The number of hydrogen-bond acceptors (Lipinski definition) is 4. The minimum absolute atomic E-state index is 0. The minimum atomic E-state index is 0. The fourth-order valence-electron chi connectivity index (χ4n) is 1.86. The zero-order valence-electron chi connectivity index (χ0n) is 12.5. The Balaban J connectivity index is 0.00000361. The first-order valence-electron chi connectivity index (χ1n) is 6.99. The zero-order chi connectivity index (χ0) is 13.8. The van der Waals surface area contributed by atoms with Gasteiger partial charge in [-0.2, -0.15) is 0 Å². The Hall–Kier alpha value is -0.120. The Kier molecular flexibility index (Phi) is 13.8. The standard InChI is InChI=1S/C13H27N3O3.HI/c1-14-13(16-7-10-17-2)15-6-4-8-18-11-12-5-3-9-19-12;/h12H,3-11H2,1-2H3,(H2,14,15,16);1H. The molecule has 120 valence electrons. The molecule has 0 saturated carbocycles. The number of hydrogen-bond donors (Lipinski definition) is 2. The number of nitrogens with one attached hydrogen (secondary N) is 2. The van der Waals surface area contributed by atoms with Crippen molar-refractivity contribution >= 4 is 29.9 Å². The average Bonchev–Trinajstić information content (AvgIpc) is 2.94. The van der Waals surface area contributed by atoms with E-state index in [1.807, 2.05) is 0 Å². The molecule has 0 aromatic rings. The number of methoxy groups -OCH3 is 1. The summed E-state index contributed by atoms with van der Waals surface area (Å²) in [5.74, 6) is 0.802. The van der Waals surface area contributed by atoms with Crippen molar-refractivity contribution in [2.45, 2.75) is 25.4 Å². The summed E-state index contributed by atoms with van der Waals surface area (Å²) in [6.07, 6.45) is 3.57. The smallest absolute Gasteiger partial charge is 0.191 e. The number of ether oxygens (including phenoxy) is 3. The van der Waals surface area contributed by atoms with E-state index in [0.29, 0.717) is 12.7 Å². The average molecular weight is 401 g/mol. The van der Waals surface area contributed by atoms with Crippen molar-refractivity contribution in [3.8, 4) is 0 Å². The van der Waals surface area contributed by atoms with Crippen molar-refractivity contribution in [3.63, 3.8) is 0 Å². The fraction of sp³-hybridized carbons (Fsp3) is 0.923. The second kappa shape index (κ2) is 13.8. The van der Waals surface area contributed by atoms with E-state index >= 15 is 0 Å². The van der Waals surface area contributed by atoms with Crippen molar-refractivity contribution in [2.24, 2.45) is 4.99 Å². The molecule has 0 aromatic heterocycles. The molecule has 0 amide bonds. The molecule has 1 rings (SSSR count). The van der Waals surface area contributed by atoms with Crippen molar-refractivity contribution in [2.75, 3.05) is 53.7 Å². The van der Waals surface area contributed by atoms with Gasteiger partial charge >= 0.3 is 0 Å². The second-order valence-electron chi connectivity index (χ2n) is 4.48. The topological polar surface area (TPSA) is 64.1 Å². The highest BCUT2D eigenvalue weighted by Gasteiger charge is 2.14. The Morgan fingerprint density at radius 3 is 2.75 bits per heavy atom. The molecule has 20 heavy (non-hydrogen) atoms. The molecule has 0 radical (unpaired) electrons. The van der Waals surface area contributed by atoms with Crippen molar-refractivity contribution in [1.82, 2.24) is 10.6 Å². The second-order valence-corrected chi connectivity index (χ2v) is 4.48. The van der Waals surface area contributed by atoms with Gasteiger partial charge in [-0.1, -0.05) is 0 Å². The van der Waals surface area contributed by atoms with Crippen LogP contribution in [0.15, 0.2) is 4.99 Å². The molecule has 1 aliphatic heterocycles. The lowest BCUT2D eigenvalue weighted by atomic mass is 10.2. The van der Waals surface area contributed by atoms with Crippen LogP contribution in [0.1, 0.15) is 19.3 Å². The quantitative estimate of drug-likeness (QED) is 0.261. The van der Waals surface area contributed by atoms with Gasteiger partial charge in [0.05, 0.1) is 19.3 Å². The number of aliphatic imine (C=N–C) groups is 1. The molecule has 1 aliphatic rings. The predicted molar refractivity (Wildman–Crippen MR) is 91.1 cm³/mol. The lowest BCUT2D eigenvalue weighted by molar-refractivity contribution is 0.0168. The Morgan fingerprint density at radius 1 is 1.30 bits per heavy atom. The van der Waals surface area contributed by atoms with Gasteiger partial charge in [0.15, 0.2) is 5.96 Å². The summed E-state index contributed by atoms with van der Waals surface area (Å²) in [6, 6.07) is 0. The van der Waals surface area contributed by atoms with Crippen LogP contribution in [0.4, 0.5) is 0 Å². The van der Waals surface area contributed by atoms with E-state index < -0.39 is 0 Å². The van der Waals surface area contributed by atoms with Crippen LogP contribution in [0.2, 0.25) is 0 Å². The summed E-state index contributed by atoms with van der Waals surface area (Å²) >= 11 is 0. The number of rotatable bonds is 9. The van der Waals surface area contributed by atoms with Gasteiger partial charge in [-0.15, -0.1) is 24.0 Å². The van der Waals surface area contributed by atoms with Gasteiger partial charge in [0.1, 0.15) is 0 Å². The van der Waals surface area contributed by atoms with E-state index in [2.05, 4.69) is 15.6 Å². The van der Waals surface area contributed by atoms with Gasteiger partial charge in [0.2, 0.25) is 0 Å². The molecule has 2 N–H and O–H groups in total. The molecule has 1 heterocycles. The van der Waals surface area contributed by atoms with Gasteiger partial charge in [-0.25, -0.2) is 0 Å². The maximum absolute atomic E-state index is 5.59. The largest absolute Gasteiger partial charge is 0.383 e. The summed E-state index contributed by atoms with van der Waals surface area (Å²) < 4.78 is 16.0. The molecule has 1 fully saturated rings. The summed E-state index contributed by atoms with van der Waals surface area (Å²) in [5, 5.41) is 6.39. The Labute approximate surface area is 139 Å². The molecule has 0 aliphatic carbocycles. The third-order valence-electron chi connectivity index (χ3n) is 2.91. The van der Waals surface area contributed by atoms with Crippen LogP contribution < -0.4 is 10.6 Å². The first-order chi connectivity index (χ1) is 9.36. The minimum Gasteiger partial charge on any atom is -0.383 e. The van der Waals surface area contributed by atoms with Gasteiger partial charge in [0.25, 0.3) is 0 Å². The van der Waals surface area contributed by atoms with Crippen LogP contribution >= 0.6 is 24.0 Å². The monoisotopic (exact) mass is 401 g/mol. The molecule has 0 spiro atoms. The van der Waals surface area contributed by atoms with Gasteiger partial charge < -0.3 is 24.8 Å². The lowest BCUT2D eigenvalue weighted by Gasteiger charge is -2.12. The molecule has 7 heteroatoms. The van der Waals surface area contributed by atoms with Crippen LogP contribution in [-0.4, -0.2) is 65.7 Å². The number of halogens is 1. The highest BCUT2D eigenvalue weighted by molar-refractivity contribution is 14.0. The number of nitrogens with zero attached hydrogens (tertiary/aromatic N) is 1. The summed E-state index contributed by atoms with van der Waals surface area (Å²) in [4.78, 5) is 4.12. The SMILES string of the molecule is CN=C(NCCCOCC1CCCO1)NCCOC.I. The molecule has 1 unspecified atom stereocenters. The molecule has 1 atom stereocenters. The zero-order valence-corrected chi connectivity index (χ0v) is 14.9. The maximum atomic E-state index is 5.59. The normalized spacial score (nSPS) is 18.7. The fourth-order valence-corrected chi connectivity index (χ4v) is 1.86. The highest BCUT2D eigenvalue weighted by atomic mass is 127. The molecular weight excluding hydrogens is 373 g/mol. The lowest BCUT2D eigenvalue weighted by Crippen LogP contribution is -2.39. The van der Waals surface area contributed by atoms with Gasteiger partial charge in [-0.3, -0.25) is 4.99 Å². The van der Waals surface area contributed by atoms with Crippen molar-refractivity contribution < 1.29 is 14.2 Å². The van der Waals surface area contributed by atoms with Crippen LogP contribution in [0.3, 0.4) is 0 Å². The van der Waals surface area contributed by atoms with Gasteiger partial charge in [-0.05, 0) is 19.3 Å². The van der Waals surface area contributed by atoms with E-state index in [1.54, 1.807) is 14.2 Å². The Morgan fingerprint density at radius 2 is 2.10 bits per heavy atom. The first-order valence-corrected chi connectivity index (χ1v) is 6.99. The third kappa shape index (κ3) is 9.73. The maximum Gasteiger partial charge on any atom is 0.191 e. The molecule has 1 saturated heterocycles. The van der Waals surface area contributed by atoms with Crippen molar-refractivity contribution in [3.05, 3.63) is 0 Å². The first kappa shape index (κ1) is 19.9. The number of guanidine groups is 1. The van der Waals surface area contributed by atoms with E-state index in [4.69, 9.17) is 14.2 Å². The van der Waals surface area contributed by atoms with Crippen LogP contribution in [0.5, 0.6) is 0 Å². The highest BCUT2D eigenvalue weighted by Crippen LogP contribution is 2.11. The summed E-state index contributed by atoms with van der Waals surface area (Å²) in [6.45, 7) is 4.64. The van der Waals surface area contributed by atoms with E-state index in [9.17, 15) is 0 Å². The Bertz CT molecular complexity index is 249. The molecule has 0 bridgehead atoms. The van der Waals surface area contributed by atoms with Crippen LogP contribution in [0, 0.1) is 0 Å². The molecule has 6 nitrogen and oxygen atoms in total. The van der Waals surface area contributed by atoms with Gasteiger partial charge in [0, 0.05) is 40.5 Å². The van der Waals surface area contributed by atoms with E-state index in [-0.39, 0.29) is 24.0 Å². The van der Waals surface area contributed by atoms with Crippen LogP contribution in [-0.2, 0) is 14.2 Å². The molecular formula is C13H28IN3O3. The van der Waals surface area contributed by atoms with E-state index in [1.165, 1.54) is 6.42 Å². The van der Waals surface area contributed by atoms with Crippen LogP contribution in [0.25, 0.3) is 0 Å².